The Kier molecular flexibility index (Phi) is 8.39. The van der Waals surface area contributed by atoms with E-state index in [2.05, 4.69) is 32.9 Å². The number of hydrogen-bond donors (Lipinski definition) is 2. The lowest BCUT2D eigenvalue weighted by Crippen LogP contribution is -2.38. The Morgan fingerprint density at radius 1 is 1.24 bits per heavy atom. The summed E-state index contributed by atoms with van der Waals surface area (Å²) in [5.41, 5.74) is 2.09. The third-order valence-corrected chi connectivity index (χ3v) is 4.70. The lowest BCUT2D eigenvalue weighted by molar-refractivity contribution is 0.625. The molecule has 0 spiro atoms. The van der Waals surface area contributed by atoms with E-state index in [1.807, 2.05) is 13.0 Å². The summed E-state index contributed by atoms with van der Waals surface area (Å²) in [6.45, 7) is 6.43. The lowest BCUT2D eigenvalue weighted by Gasteiger charge is -2.11. The van der Waals surface area contributed by atoms with Gasteiger partial charge >= 0.3 is 0 Å². The second-order valence-corrected chi connectivity index (χ2v) is 6.85. The molecule has 0 radical (unpaired) electrons. The number of aryl methyl sites for hydroxylation is 2. The lowest BCUT2D eigenvalue weighted by atomic mass is 10.1. The van der Waals surface area contributed by atoms with Gasteiger partial charge < -0.3 is 10.6 Å². The summed E-state index contributed by atoms with van der Waals surface area (Å²) in [7, 11) is 0. The largest absolute Gasteiger partial charge is 0.357 e. The van der Waals surface area contributed by atoms with Crippen molar-refractivity contribution >= 4 is 17.3 Å². The van der Waals surface area contributed by atoms with Crippen LogP contribution in [0.3, 0.4) is 0 Å². The highest BCUT2D eigenvalue weighted by Gasteiger charge is 2.00. The van der Waals surface area contributed by atoms with E-state index in [1.165, 1.54) is 11.1 Å². The van der Waals surface area contributed by atoms with Gasteiger partial charge in [-0.3, -0.25) is 4.99 Å². The zero-order valence-corrected chi connectivity index (χ0v) is 15.8. The number of halogens is 1. The Labute approximate surface area is 153 Å². The topological polar surface area (TPSA) is 49.3 Å². The first kappa shape index (κ1) is 19.4. The highest BCUT2D eigenvalue weighted by Crippen LogP contribution is 2.11. The van der Waals surface area contributed by atoms with Crippen molar-refractivity contribution in [3.05, 3.63) is 51.7 Å². The standard InChI is InChI=1S/C19H27FN4S/c1-3-21-19(23-12-10-16-7-6-8-17(20)13-16)22-11-5-4-9-18-24-15(2)14-25-18/h6-8,13-14H,3-5,9-12H2,1-2H3,(H2,21,22,23). The maximum atomic E-state index is 13.2. The molecule has 1 aromatic carbocycles. The van der Waals surface area contributed by atoms with Crippen molar-refractivity contribution < 1.29 is 4.39 Å². The molecular weight excluding hydrogens is 335 g/mol. The quantitative estimate of drug-likeness (QED) is 0.406. The van der Waals surface area contributed by atoms with Crippen LogP contribution < -0.4 is 10.6 Å². The number of unbranched alkanes of at least 4 members (excludes halogenated alkanes) is 1. The third kappa shape index (κ3) is 7.65. The molecule has 1 aromatic heterocycles. The van der Waals surface area contributed by atoms with Crippen molar-refractivity contribution in [3.63, 3.8) is 0 Å². The van der Waals surface area contributed by atoms with E-state index < -0.39 is 0 Å². The van der Waals surface area contributed by atoms with E-state index in [4.69, 9.17) is 0 Å². The highest BCUT2D eigenvalue weighted by molar-refractivity contribution is 7.09. The van der Waals surface area contributed by atoms with Gasteiger partial charge in [0.25, 0.3) is 0 Å². The van der Waals surface area contributed by atoms with Gasteiger partial charge in [-0.1, -0.05) is 12.1 Å². The molecule has 6 heteroatoms. The molecule has 0 bridgehead atoms. The van der Waals surface area contributed by atoms with E-state index in [-0.39, 0.29) is 5.82 Å². The predicted octanol–water partition coefficient (Wildman–Crippen LogP) is 3.71. The minimum Gasteiger partial charge on any atom is -0.357 e. The number of guanidine groups is 1. The normalized spacial score (nSPS) is 11.6. The molecule has 2 rings (SSSR count). The Morgan fingerprint density at radius 3 is 2.84 bits per heavy atom. The summed E-state index contributed by atoms with van der Waals surface area (Å²) in [6.07, 6.45) is 3.93. The van der Waals surface area contributed by atoms with Crippen LogP contribution in [0.5, 0.6) is 0 Å². The van der Waals surface area contributed by atoms with Crippen LogP contribution in [0.2, 0.25) is 0 Å². The SMILES string of the molecule is CCNC(=NCCCCc1nc(C)cs1)NCCc1cccc(F)c1. The molecule has 1 heterocycles. The van der Waals surface area contributed by atoms with Gasteiger partial charge in [-0.2, -0.15) is 0 Å². The van der Waals surface area contributed by atoms with Crippen molar-refractivity contribution in [3.8, 4) is 0 Å². The molecule has 25 heavy (non-hydrogen) atoms. The van der Waals surface area contributed by atoms with Crippen LogP contribution in [-0.2, 0) is 12.8 Å². The zero-order valence-electron chi connectivity index (χ0n) is 15.0. The average Bonchev–Trinajstić information content (AvgIpc) is 3.00. The molecular formula is C19H27FN4S. The summed E-state index contributed by atoms with van der Waals surface area (Å²) in [5.74, 6) is 0.637. The number of nitrogens with zero attached hydrogens (tertiary/aromatic N) is 2. The molecule has 0 saturated carbocycles. The monoisotopic (exact) mass is 362 g/mol. The van der Waals surface area contributed by atoms with Gasteiger partial charge in [-0.15, -0.1) is 11.3 Å². The fourth-order valence-corrected chi connectivity index (χ4v) is 3.27. The molecule has 2 N–H and O–H groups in total. The van der Waals surface area contributed by atoms with Crippen molar-refractivity contribution in [2.45, 2.75) is 39.5 Å². The molecule has 2 aromatic rings. The van der Waals surface area contributed by atoms with E-state index >= 15 is 0 Å². The van der Waals surface area contributed by atoms with Crippen molar-refractivity contribution in [1.82, 2.24) is 15.6 Å². The van der Waals surface area contributed by atoms with E-state index in [0.717, 1.165) is 62.5 Å². The minimum atomic E-state index is -0.187. The number of rotatable bonds is 9. The van der Waals surface area contributed by atoms with Gasteiger partial charge in [0.05, 0.1) is 5.01 Å². The average molecular weight is 363 g/mol. The molecule has 0 saturated heterocycles. The first-order chi connectivity index (χ1) is 12.2. The van der Waals surface area contributed by atoms with Crippen LogP contribution in [-0.4, -0.2) is 30.6 Å². The highest BCUT2D eigenvalue weighted by atomic mass is 32.1. The van der Waals surface area contributed by atoms with Crippen LogP contribution >= 0.6 is 11.3 Å². The summed E-state index contributed by atoms with van der Waals surface area (Å²) in [4.78, 5) is 9.08. The number of hydrogen-bond acceptors (Lipinski definition) is 3. The molecule has 0 amide bonds. The second kappa shape index (κ2) is 10.8. The predicted molar refractivity (Wildman–Crippen MR) is 104 cm³/mol. The minimum absolute atomic E-state index is 0.187. The molecule has 4 nitrogen and oxygen atoms in total. The molecule has 0 aliphatic heterocycles. The Balaban J connectivity index is 1.68. The third-order valence-electron chi connectivity index (χ3n) is 3.67. The Hall–Kier alpha value is -1.95. The first-order valence-electron chi connectivity index (χ1n) is 8.85. The summed E-state index contributed by atoms with van der Waals surface area (Å²) in [6, 6.07) is 6.73. The number of benzene rings is 1. The first-order valence-corrected chi connectivity index (χ1v) is 9.73. The van der Waals surface area contributed by atoms with Gasteiger partial charge in [0, 0.05) is 30.7 Å². The van der Waals surface area contributed by atoms with Crippen molar-refractivity contribution in [2.75, 3.05) is 19.6 Å². The summed E-state index contributed by atoms with van der Waals surface area (Å²) in [5, 5.41) is 9.86. The van der Waals surface area contributed by atoms with Crippen molar-refractivity contribution in [1.29, 1.82) is 0 Å². The maximum absolute atomic E-state index is 13.2. The van der Waals surface area contributed by atoms with Crippen LogP contribution in [0.4, 0.5) is 4.39 Å². The van der Waals surface area contributed by atoms with Crippen LogP contribution in [0.25, 0.3) is 0 Å². The molecule has 0 aliphatic rings. The second-order valence-electron chi connectivity index (χ2n) is 5.91. The number of aliphatic imine (C=N–C) groups is 1. The van der Waals surface area contributed by atoms with Gasteiger partial charge in [0.15, 0.2) is 5.96 Å². The number of nitrogens with one attached hydrogen (secondary N) is 2. The summed E-state index contributed by atoms with van der Waals surface area (Å²) >= 11 is 1.73. The Bertz CT molecular complexity index is 669. The summed E-state index contributed by atoms with van der Waals surface area (Å²) < 4.78 is 13.2. The fourth-order valence-electron chi connectivity index (χ4n) is 2.46. The molecule has 0 fully saturated rings. The van der Waals surface area contributed by atoms with Crippen molar-refractivity contribution in [2.24, 2.45) is 4.99 Å². The van der Waals surface area contributed by atoms with E-state index in [1.54, 1.807) is 23.5 Å². The Morgan fingerprint density at radius 2 is 2.12 bits per heavy atom. The van der Waals surface area contributed by atoms with Gasteiger partial charge in [-0.25, -0.2) is 9.37 Å². The fraction of sp³-hybridized carbons (Fsp3) is 0.474. The van der Waals surface area contributed by atoms with Gasteiger partial charge in [0.1, 0.15) is 5.82 Å². The number of aromatic nitrogens is 1. The number of thiazole rings is 1. The van der Waals surface area contributed by atoms with E-state index in [0.29, 0.717) is 0 Å². The molecule has 136 valence electrons. The molecule has 0 atom stereocenters. The maximum Gasteiger partial charge on any atom is 0.191 e. The molecule has 0 aliphatic carbocycles. The van der Waals surface area contributed by atoms with Crippen LogP contribution in [0.15, 0.2) is 34.6 Å². The van der Waals surface area contributed by atoms with Crippen LogP contribution in [0, 0.1) is 12.7 Å². The van der Waals surface area contributed by atoms with Gasteiger partial charge in [-0.05, 0) is 57.2 Å². The van der Waals surface area contributed by atoms with Crippen LogP contribution in [0.1, 0.15) is 36.0 Å². The van der Waals surface area contributed by atoms with Gasteiger partial charge in [0.2, 0.25) is 0 Å². The van der Waals surface area contributed by atoms with E-state index in [9.17, 15) is 4.39 Å². The molecule has 0 unspecified atom stereocenters. The zero-order chi connectivity index (χ0) is 17.9. The smallest absolute Gasteiger partial charge is 0.191 e.